The monoisotopic (exact) mass is 207 g/mol. The Morgan fingerprint density at radius 1 is 1.64 bits per heavy atom. The summed E-state index contributed by atoms with van der Waals surface area (Å²) < 4.78 is 9.92. The van der Waals surface area contributed by atoms with Crippen molar-refractivity contribution in [2.24, 2.45) is 0 Å². The minimum atomic E-state index is -4.37. The number of carbonyl (C=O) groups is 1. The van der Waals surface area contributed by atoms with Gasteiger partial charge in [-0.3, -0.25) is 0 Å². The van der Waals surface area contributed by atoms with Crippen LogP contribution in [0.3, 0.4) is 0 Å². The van der Waals surface area contributed by atoms with Gasteiger partial charge in [0.1, 0.15) is 7.60 Å². The van der Waals surface area contributed by atoms with Crippen LogP contribution in [-0.2, 0) is 9.36 Å². The van der Waals surface area contributed by atoms with Gasteiger partial charge in [-0.05, 0) is 0 Å². The molecule has 11 heavy (non-hydrogen) atoms. The van der Waals surface area contributed by atoms with Gasteiger partial charge in [-0.1, -0.05) is 0 Å². The van der Waals surface area contributed by atoms with E-state index in [-0.39, 0.29) is 37.7 Å². The zero-order chi connectivity index (χ0) is 8.20. The molecule has 0 aliphatic carbocycles. The second-order valence-electron chi connectivity index (χ2n) is 1.59. The molecule has 0 aromatic carbocycles. The molecule has 0 saturated heterocycles. The van der Waals surface area contributed by atoms with E-state index in [0.717, 1.165) is 0 Å². The van der Waals surface area contributed by atoms with Gasteiger partial charge in [-0.15, -0.1) is 0 Å². The van der Waals surface area contributed by atoms with Gasteiger partial charge < -0.3 is 29.6 Å². The quantitative estimate of drug-likeness (QED) is 0.364. The Balaban J connectivity index is 0. The molecular formula is C3H6CaNO5P. The van der Waals surface area contributed by atoms with Crippen LogP contribution in [0.1, 0.15) is 0 Å². The molecule has 0 saturated carbocycles. The van der Waals surface area contributed by atoms with Crippen LogP contribution in [0.25, 0.3) is 0 Å². The van der Waals surface area contributed by atoms with Gasteiger partial charge in [-0.25, -0.2) is 0 Å². The van der Waals surface area contributed by atoms with Crippen LogP contribution < -0.4 is 15.3 Å². The molecule has 0 amide bonds. The molecule has 8 heteroatoms. The topological polar surface area (TPSA) is 113 Å². The molecule has 0 spiro atoms. The number of hydrogen-bond donors (Lipinski definition) is 2. The first kappa shape index (κ1) is 14.4. The third kappa shape index (κ3) is 13.8. The Morgan fingerprint density at radius 2 is 2.09 bits per heavy atom. The molecule has 1 atom stereocenters. The minimum absolute atomic E-state index is 0. The van der Waals surface area contributed by atoms with Crippen molar-refractivity contribution in [2.75, 3.05) is 12.8 Å². The van der Waals surface area contributed by atoms with E-state index in [1.54, 1.807) is 0 Å². The van der Waals surface area contributed by atoms with Crippen LogP contribution in [0.2, 0.25) is 0 Å². The first-order valence-electron chi connectivity index (χ1n) is 2.35. The molecule has 2 N–H and O–H groups in total. The van der Waals surface area contributed by atoms with Gasteiger partial charge in [0.15, 0.2) is 0 Å². The van der Waals surface area contributed by atoms with E-state index in [0.29, 0.717) is 0 Å². The Kier molecular flexibility index (Phi) is 8.32. The second-order valence-corrected chi connectivity index (χ2v) is 3.19. The van der Waals surface area contributed by atoms with E-state index < -0.39 is 26.4 Å². The Labute approximate surface area is 93.1 Å². The van der Waals surface area contributed by atoms with Gasteiger partial charge in [-0.2, -0.15) is 0 Å². The molecule has 0 aliphatic heterocycles. The summed E-state index contributed by atoms with van der Waals surface area (Å²) in [5.74, 6) is -1.42. The predicted octanol–water partition coefficient (Wildman–Crippen LogP) is -3.55. The average molecular weight is 207 g/mol. The van der Waals surface area contributed by atoms with E-state index in [4.69, 9.17) is 4.89 Å². The van der Waals surface area contributed by atoms with Crippen molar-refractivity contribution >= 4 is 51.3 Å². The SMILES string of the molecule is O=C([O-])CNCP(=O)([O-])O.[Ca+2]. The van der Waals surface area contributed by atoms with Crippen LogP contribution in [0.15, 0.2) is 0 Å². The van der Waals surface area contributed by atoms with Gasteiger partial charge in [0, 0.05) is 6.54 Å². The molecule has 0 radical (unpaired) electrons. The van der Waals surface area contributed by atoms with E-state index >= 15 is 0 Å². The van der Waals surface area contributed by atoms with Crippen molar-refractivity contribution in [3.05, 3.63) is 0 Å². The first-order valence-corrected chi connectivity index (χ1v) is 4.11. The molecule has 60 valence electrons. The Morgan fingerprint density at radius 3 is 2.36 bits per heavy atom. The van der Waals surface area contributed by atoms with Crippen LogP contribution >= 0.6 is 7.60 Å². The van der Waals surface area contributed by atoms with Crippen molar-refractivity contribution in [1.29, 1.82) is 0 Å². The summed E-state index contributed by atoms with van der Waals surface area (Å²) >= 11 is 0. The largest absolute Gasteiger partial charge is 2.00 e. The molecule has 1 unspecified atom stereocenters. The molecule has 0 aromatic rings. The van der Waals surface area contributed by atoms with Crippen molar-refractivity contribution in [1.82, 2.24) is 5.32 Å². The average Bonchev–Trinajstić information content (AvgIpc) is 1.59. The Bertz CT molecular complexity index is 167. The number of nitrogens with one attached hydrogen (secondary N) is 1. The van der Waals surface area contributed by atoms with E-state index in [1.165, 1.54) is 0 Å². The Hall–Kier alpha value is 0.840. The van der Waals surface area contributed by atoms with Crippen LogP contribution in [0.5, 0.6) is 0 Å². The predicted molar refractivity (Wildman–Crippen MR) is 33.5 cm³/mol. The number of carboxylic acids is 1. The fourth-order valence-corrected chi connectivity index (χ4v) is 0.694. The zero-order valence-corrected chi connectivity index (χ0v) is 8.75. The molecule has 0 bridgehead atoms. The maximum Gasteiger partial charge on any atom is 2.00 e. The van der Waals surface area contributed by atoms with Gasteiger partial charge >= 0.3 is 37.7 Å². The normalized spacial score (nSPS) is 14.7. The third-order valence-electron chi connectivity index (χ3n) is 0.581. The van der Waals surface area contributed by atoms with Crippen LogP contribution in [0.4, 0.5) is 0 Å². The molecule has 6 nitrogen and oxygen atoms in total. The van der Waals surface area contributed by atoms with Crippen molar-refractivity contribution in [2.45, 2.75) is 0 Å². The second kappa shape index (κ2) is 6.37. The summed E-state index contributed by atoms with van der Waals surface area (Å²) in [5.41, 5.74) is 0. The smallest absolute Gasteiger partial charge is 0.778 e. The van der Waals surface area contributed by atoms with Crippen LogP contribution in [0, 0.1) is 0 Å². The summed E-state index contributed by atoms with van der Waals surface area (Å²) in [6.45, 7) is -0.590. The van der Waals surface area contributed by atoms with Crippen molar-refractivity contribution in [3.63, 3.8) is 0 Å². The molecule has 0 fully saturated rings. The molecule has 0 aromatic heterocycles. The van der Waals surface area contributed by atoms with Crippen molar-refractivity contribution in [3.8, 4) is 0 Å². The fraction of sp³-hybridized carbons (Fsp3) is 0.667. The van der Waals surface area contributed by atoms with Gasteiger partial charge in [0.2, 0.25) is 0 Å². The molecule has 0 aliphatic rings. The van der Waals surface area contributed by atoms with E-state index in [9.17, 15) is 19.4 Å². The maximum absolute atomic E-state index is 9.92. The summed E-state index contributed by atoms with van der Waals surface area (Å²) in [4.78, 5) is 27.6. The van der Waals surface area contributed by atoms with E-state index in [2.05, 4.69) is 0 Å². The number of aliphatic carboxylic acids is 1. The fourth-order valence-electron chi connectivity index (χ4n) is 0.299. The molecule has 0 rings (SSSR count). The third-order valence-corrected chi connectivity index (χ3v) is 1.20. The summed E-state index contributed by atoms with van der Waals surface area (Å²) in [7, 11) is -4.37. The minimum Gasteiger partial charge on any atom is -0.778 e. The van der Waals surface area contributed by atoms with E-state index in [1.807, 2.05) is 5.32 Å². The number of carbonyl (C=O) groups excluding carboxylic acids is 1. The van der Waals surface area contributed by atoms with Crippen LogP contribution in [-0.4, -0.2) is 61.4 Å². The van der Waals surface area contributed by atoms with Gasteiger partial charge in [0.05, 0.1) is 12.3 Å². The summed E-state index contributed by atoms with van der Waals surface area (Å²) in [6.07, 6.45) is -0.749. The number of hydrogen-bond acceptors (Lipinski definition) is 5. The number of carboxylic acid groups (broad SMARTS) is 1. The zero-order valence-electron chi connectivity index (χ0n) is 5.65. The summed E-state index contributed by atoms with van der Waals surface area (Å²) in [6, 6.07) is 0. The summed E-state index contributed by atoms with van der Waals surface area (Å²) in [5, 5.41) is 11.6. The van der Waals surface area contributed by atoms with Gasteiger partial charge in [0.25, 0.3) is 0 Å². The molecule has 0 heterocycles. The standard InChI is InChI=1S/C3H8NO5P.Ca/c5-3(6)1-4-2-10(7,8)9;/h4H,1-2H2,(H,5,6)(H2,7,8,9);/q;+2/p-2. The van der Waals surface area contributed by atoms with Crippen molar-refractivity contribution < 1.29 is 24.3 Å². The number of rotatable bonds is 4. The maximum atomic E-state index is 9.92. The molecular weight excluding hydrogens is 201 g/mol. The first-order chi connectivity index (χ1) is 4.42.